The molecule has 1 fully saturated rings. The van der Waals surface area contributed by atoms with Gasteiger partial charge in [0.05, 0.1) is 5.69 Å². The van der Waals surface area contributed by atoms with Gasteiger partial charge in [0.2, 0.25) is 11.6 Å². The molecule has 1 aliphatic carbocycles. The van der Waals surface area contributed by atoms with Gasteiger partial charge in [-0.05, 0) is 29.9 Å². The lowest BCUT2D eigenvalue weighted by molar-refractivity contribution is 0.381. The van der Waals surface area contributed by atoms with E-state index >= 15 is 0 Å². The van der Waals surface area contributed by atoms with E-state index in [0.717, 1.165) is 11.3 Å². The molecule has 0 spiro atoms. The van der Waals surface area contributed by atoms with E-state index in [0.29, 0.717) is 17.2 Å². The lowest BCUT2D eigenvalue weighted by atomic mass is 9.97. The molecule has 2 heterocycles. The highest BCUT2D eigenvalue weighted by molar-refractivity contribution is 5.60. The van der Waals surface area contributed by atoms with Crippen molar-refractivity contribution in [1.82, 2.24) is 14.8 Å². The average molecular weight is 346 g/mol. The van der Waals surface area contributed by atoms with Gasteiger partial charge in [-0.2, -0.15) is 15.3 Å². The summed E-state index contributed by atoms with van der Waals surface area (Å²) in [4.78, 5) is 4.32. The number of nitrogens with zero attached hydrogens (tertiary/aromatic N) is 4. The Morgan fingerprint density at radius 2 is 1.85 bits per heavy atom. The predicted octanol–water partition coefficient (Wildman–Crippen LogP) is 4.75. The number of aromatic nitrogens is 3. The lowest BCUT2D eigenvalue weighted by Crippen LogP contribution is -2.11. The van der Waals surface area contributed by atoms with Crippen molar-refractivity contribution in [1.29, 1.82) is 5.26 Å². The van der Waals surface area contributed by atoms with Gasteiger partial charge in [0.25, 0.3) is 5.88 Å². The monoisotopic (exact) mass is 346 g/mol. The molecule has 132 valence electrons. The van der Waals surface area contributed by atoms with Crippen molar-refractivity contribution in [3.63, 3.8) is 0 Å². The van der Waals surface area contributed by atoms with Gasteiger partial charge < -0.3 is 4.42 Å². The molecule has 5 heteroatoms. The standard InChI is InChI=1S/C21H22N4O/c1-20(2,3)19-23-17(13-22)18(26-19)25-12-9-16(24-25)14-5-7-15(8-6-14)21(4)10-11-21/h5-9,12H,10-11H2,1-4H3. The Kier molecular flexibility index (Phi) is 3.55. The number of hydrogen-bond donors (Lipinski definition) is 0. The van der Waals surface area contributed by atoms with Crippen LogP contribution in [0.5, 0.6) is 0 Å². The molecule has 5 nitrogen and oxygen atoms in total. The van der Waals surface area contributed by atoms with Gasteiger partial charge in [0.1, 0.15) is 6.07 Å². The van der Waals surface area contributed by atoms with Crippen molar-refractivity contribution in [3.05, 3.63) is 53.7 Å². The van der Waals surface area contributed by atoms with E-state index in [9.17, 15) is 5.26 Å². The highest BCUT2D eigenvalue weighted by Crippen LogP contribution is 2.47. The van der Waals surface area contributed by atoms with Crippen LogP contribution in [0, 0.1) is 11.3 Å². The van der Waals surface area contributed by atoms with Gasteiger partial charge in [-0.25, -0.2) is 4.68 Å². The molecule has 0 radical (unpaired) electrons. The summed E-state index contributed by atoms with van der Waals surface area (Å²) < 4.78 is 7.43. The zero-order chi connectivity index (χ0) is 18.5. The highest BCUT2D eigenvalue weighted by atomic mass is 16.4. The van der Waals surface area contributed by atoms with Gasteiger partial charge in [0, 0.05) is 17.2 Å². The minimum Gasteiger partial charge on any atom is -0.421 e. The van der Waals surface area contributed by atoms with Crippen molar-refractivity contribution in [2.24, 2.45) is 0 Å². The summed E-state index contributed by atoms with van der Waals surface area (Å²) in [7, 11) is 0. The largest absolute Gasteiger partial charge is 0.421 e. The average Bonchev–Trinajstić information content (AvgIpc) is 3.05. The first-order chi connectivity index (χ1) is 12.3. The number of oxazole rings is 1. The zero-order valence-corrected chi connectivity index (χ0v) is 15.6. The van der Waals surface area contributed by atoms with E-state index in [4.69, 9.17) is 4.42 Å². The second-order valence-electron chi connectivity index (χ2n) is 8.32. The summed E-state index contributed by atoms with van der Waals surface area (Å²) in [6.45, 7) is 8.30. The van der Waals surface area contributed by atoms with Gasteiger partial charge in [0.15, 0.2) is 0 Å². The van der Waals surface area contributed by atoms with E-state index in [-0.39, 0.29) is 11.1 Å². The molecular weight excluding hydrogens is 324 g/mol. The van der Waals surface area contributed by atoms with Crippen LogP contribution in [0.25, 0.3) is 17.1 Å². The molecule has 26 heavy (non-hydrogen) atoms. The maximum Gasteiger partial charge on any atom is 0.259 e. The Morgan fingerprint density at radius 3 is 2.42 bits per heavy atom. The molecule has 0 bridgehead atoms. The second-order valence-corrected chi connectivity index (χ2v) is 8.32. The van der Waals surface area contributed by atoms with Crippen molar-refractivity contribution in [2.75, 3.05) is 0 Å². The maximum absolute atomic E-state index is 9.38. The Bertz CT molecular complexity index is 992. The van der Waals surface area contributed by atoms with Crippen LogP contribution in [0.1, 0.15) is 57.7 Å². The van der Waals surface area contributed by atoms with E-state index < -0.39 is 0 Å². The normalized spacial score (nSPS) is 15.7. The van der Waals surface area contributed by atoms with Gasteiger partial charge in [-0.1, -0.05) is 52.0 Å². The molecule has 0 amide bonds. The number of nitriles is 1. The van der Waals surface area contributed by atoms with Gasteiger partial charge in [-0.3, -0.25) is 0 Å². The van der Waals surface area contributed by atoms with Crippen LogP contribution in [-0.2, 0) is 10.8 Å². The number of benzene rings is 1. The molecule has 1 saturated carbocycles. The van der Waals surface area contributed by atoms with Crippen molar-refractivity contribution in [3.8, 4) is 23.2 Å². The summed E-state index contributed by atoms with van der Waals surface area (Å²) in [6, 6.07) is 12.6. The summed E-state index contributed by atoms with van der Waals surface area (Å²) in [6.07, 6.45) is 4.33. The fraction of sp³-hybridized carbons (Fsp3) is 0.381. The summed E-state index contributed by atoms with van der Waals surface area (Å²) in [5.41, 5.74) is 3.62. The van der Waals surface area contributed by atoms with Gasteiger partial charge >= 0.3 is 0 Å². The topological polar surface area (TPSA) is 67.6 Å². The molecule has 0 aliphatic heterocycles. The maximum atomic E-state index is 9.38. The highest BCUT2D eigenvalue weighted by Gasteiger charge is 2.38. The molecule has 0 saturated heterocycles. The molecule has 2 aromatic heterocycles. The quantitative estimate of drug-likeness (QED) is 0.686. The lowest BCUT2D eigenvalue weighted by Gasteiger charge is -2.11. The summed E-state index contributed by atoms with van der Waals surface area (Å²) >= 11 is 0. The fourth-order valence-corrected chi connectivity index (χ4v) is 2.97. The van der Waals surface area contributed by atoms with E-state index in [1.54, 1.807) is 10.9 Å². The van der Waals surface area contributed by atoms with Gasteiger partial charge in [-0.15, -0.1) is 0 Å². The first-order valence-corrected chi connectivity index (χ1v) is 8.88. The number of rotatable bonds is 3. The smallest absolute Gasteiger partial charge is 0.259 e. The molecule has 4 rings (SSSR count). The third kappa shape index (κ3) is 2.82. The molecule has 0 N–H and O–H groups in total. The molecule has 1 aromatic carbocycles. The molecular formula is C21H22N4O. The van der Waals surface area contributed by atoms with Crippen LogP contribution in [0.3, 0.4) is 0 Å². The van der Waals surface area contributed by atoms with Crippen molar-refractivity contribution < 1.29 is 4.42 Å². The third-order valence-electron chi connectivity index (χ3n) is 5.03. The van der Waals surface area contributed by atoms with Crippen LogP contribution < -0.4 is 0 Å². The van der Waals surface area contributed by atoms with Crippen LogP contribution in [0.4, 0.5) is 0 Å². The van der Waals surface area contributed by atoms with E-state index in [1.165, 1.54) is 18.4 Å². The minimum atomic E-state index is -0.269. The molecule has 0 atom stereocenters. The Labute approximate surface area is 153 Å². The zero-order valence-electron chi connectivity index (χ0n) is 15.6. The Morgan fingerprint density at radius 1 is 1.15 bits per heavy atom. The SMILES string of the molecule is CC(C)(C)c1nc(C#N)c(-n2ccc(-c3ccc(C4(C)CC4)cc3)n2)o1. The predicted molar refractivity (Wildman–Crippen MR) is 99.1 cm³/mol. The minimum absolute atomic E-state index is 0.251. The van der Waals surface area contributed by atoms with Crippen LogP contribution >= 0.6 is 0 Å². The molecule has 1 aliphatic rings. The van der Waals surface area contributed by atoms with Crippen LogP contribution in [0.15, 0.2) is 40.9 Å². The van der Waals surface area contributed by atoms with Crippen LogP contribution in [-0.4, -0.2) is 14.8 Å². The van der Waals surface area contributed by atoms with Crippen LogP contribution in [0.2, 0.25) is 0 Å². The third-order valence-corrected chi connectivity index (χ3v) is 5.03. The van der Waals surface area contributed by atoms with Crippen molar-refractivity contribution >= 4 is 0 Å². The Balaban J connectivity index is 1.66. The first-order valence-electron chi connectivity index (χ1n) is 8.88. The molecule has 3 aromatic rings. The summed E-state index contributed by atoms with van der Waals surface area (Å²) in [5, 5.41) is 14.0. The fourth-order valence-electron chi connectivity index (χ4n) is 2.97. The van der Waals surface area contributed by atoms with Crippen molar-refractivity contribution in [2.45, 2.75) is 51.4 Å². The molecule has 0 unspecified atom stereocenters. The van der Waals surface area contributed by atoms with E-state index in [2.05, 4.69) is 47.3 Å². The Hall–Kier alpha value is -2.87. The first kappa shape index (κ1) is 16.6. The number of hydrogen-bond acceptors (Lipinski definition) is 4. The second kappa shape index (κ2) is 5.57. The summed E-state index contributed by atoms with van der Waals surface area (Å²) in [5.74, 6) is 0.897. The van der Waals surface area contributed by atoms with E-state index in [1.807, 2.05) is 26.8 Å².